The second kappa shape index (κ2) is 5.93. The van der Waals surface area contributed by atoms with Crippen molar-refractivity contribution in [1.82, 2.24) is 15.3 Å². The van der Waals surface area contributed by atoms with E-state index in [0.717, 1.165) is 12.1 Å². The lowest BCUT2D eigenvalue weighted by atomic mass is 10.1. The van der Waals surface area contributed by atoms with Gasteiger partial charge in [0.15, 0.2) is 0 Å². The summed E-state index contributed by atoms with van der Waals surface area (Å²) in [5, 5.41) is 12.4. The molecule has 5 heteroatoms. The van der Waals surface area contributed by atoms with E-state index in [1.165, 1.54) is 0 Å². The van der Waals surface area contributed by atoms with E-state index in [0.29, 0.717) is 11.4 Å². The maximum absolute atomic E-state index is 11.9. The summed E-state index contributed by atoms with van der Waals surface area (Å²) in [6, 6.07) is -0.117. The molecule has 1 heterocycles. The zero-order chi connectivity index (χ0) is 13.0. The van der Waals surface area contributed by atoms with Crippen LogP contribution in [0.4, 0.5) is 0 Å². The van der Waals surface area contributed by atoms with Gasteiger partial charge < -0.3 is 15.4 Å². The van der Waals surface area contributed by atoms with Crippen LogP contribution in [-0.2, 0) is 0 Å². The lowest BCUT2D eigenvalue weighted by Gasteiger charge is -2.21. The van der Waals surface area contributed by atoms with Crippen molar-refractivity contribution in [2.45, 2.75) is 46.2 Å². The molecule has 2 unspecified atom stereocenters. The average molecular weight is 239 g/mol. The van der Waals surface area contributed by atoms with Crippen LogP contribution in [0, 0.1) is 13.8 Å². The third-order valence-corrected chi connectivity index (χ3v) is 2.90. The van der Waals surface area contributed by atoms with Gasteiger partial charge in [0.05, 0.1) is 12.2 Å². The number of H-pyrrole nitrogens is 1. The van der Waals surface area contributed by atoms with E-state index in [2.05, 4.69) is 15.3 Å². The second-order valence-electron chi connectivity index (χ2n) is 4.33. The summed E-state index contributed by atoms with van der Waals surface area (Å²) in [7, 11) is 0. The van der Waals surface area contributed by atoms with Crippen LogP contribution in [0.25, 0.3) is 0 Å². The quantitative estimate of drug-likeness (QED) is 0.710. The maximum atomic E-state index is 11.9. The van der Waals surface area contributed by atoms with Gasteiger partial charge >= 0.3 is 0 Å². The number of aromatic nitrogens is 2. The van der Waals surface area contributed by atoms with E-state index >= 15 is 0 Å². The number of nitrogens with one attached hydrogen (secondary N) is 2. The van der Waals surface area contributed by atoms with Crippen LogP contribution < -0.4 is 10.9 Å². The van der Waals surface area contributed by atoms with Crippen molar-refractivity contribution in [1.29, 1.82) is 0 Å². The van der Waals surface area contributed by atoms with Gasteiger partial charge in [0.2, 0.25) is 0 Å². The largest absolute Gasteiger partial charge is 0.395 e. The van der Waals surface area contributed by atoms with Crippen molar-refractivity contribution >= 4 is 0 Å². The summed E-state index contributed by atoms with van der Waals surface area (Å²) in [6.07, 6.45) is 0.817. The molecule has 0 aliphatic carbocycles. The molecule has 0 radical (unpaired) electrons. The monoisotopic (exact) mass is 239 g/mol. The summed E-state index contributed by atoms with van der Waals surface area (Å²) in [5.74, 6) is 0.623. The molecular formula is C12H21N3O2. The fraction of sp³-hybridized carbons (Fsp3) is 0.667. The van der Waals surface area contributed by atoms with E-state index < -0.39 is 0 Å². The third kappa shape index (κ3) is 3.38. The minimum atomic E-state index is -0.121. The Bertz CT molecular complexity index is 424. The molecule has 2 atom stereocenters. The van der Waals surface area contributed by atoms with Crippen LogP contribution in [0.15, 0.2) is 4.79 Å². The minimum Gasteiger partial charge on any atom is -0.395 e. The van der Waals surface area contributed by atoms with Gasteiger partial charge in [-0.25, -0.2) is 4.98 Å². The van der Waals surface area contributed by atoms with Crippen LogP contribution in [-0.4, -0.2) is 27.7 Å². The number of rotatable bonds is 5. The fourth-order valence-corrected chi connectivity index (χ4v) is 1.98. The molecule has 5 nitrogen and oxygen atoms in total. The molecule has 96 valence electrons. The van der Waals surface area contributed by atoms with Crippen molar-refractivity contribution in [3.05, 3.63) is 27.4 Å². The minimum absolute atomic E-state index is 0.00473. The summed E-state index contributed by atoms with van der Waals surface area (Å²) < 4.78 is 0. The number of hydrogen-bond acceptors (Lipinski definition) is 4. The third-order valence-electron chi connectivity index (χ3n) is 2.90. The topological polar surface area (TPSA) is 78.0 Å². The van der Waals surface area contributed by atoms with E-state index in [-0.39, 0.29) is 24.2 Å². The predicted molar refractivity (Wildman–Crippen MR) is 67.0 cm³/mol. The Balaban J connectivity index is 2.96. The summed E-state index contributed by atoms with van der Waals surface area (Å²) in [6.45, 7) is 7.56. The van der Waals surface area contributed by atoms with Crippen LogP contribution in [0.2, 0.25) is 0 Å². The molecule has 1 aromatic heterocycles. The van der Waals surface area contributed by atoms with E-state index in [1.54, 1.807) is 6.92 Å². The van der Waals surface area contributed by atoms with Crippen molar-refractivity contribution in [2.24, 2.45) is 0 Å². The van der Waals surface area contributed by atoms with Gasteiger partial charge in [-0.3, -0.25) is 4.79 Å². The molecule has 17 heavy (non-hydrogen) atoms. The van der Waals surface area contributed by atoms with Gasteiger partial charge in [0.1, 0.15) is 5.82 Å². The standard InChI is InChI=1S/C12H21N3O2/c1-5-10(6-16)14-8(3)11-7(2)13-9(4)15-12(11)17/h8,10,14,16H,5-6H2,1-4H3,(H,13,15,17). The molecule has 1 aromatic rings. The van der Waals surface area contributed by atoms with Gasteiger partial charge in [-0.1, -0.05) is 6.92 Å². The van der Waals surface area contributed by atoms with Crippen molar-refractivity contribution < 1.29 is 5.11 Å². The van der Waals surface area contributed by atoms with Crippen molar-refractivity contribution in [3.63, 3.8) is 0 Å². The van der Waals surface area contributed by atoms with Crippen LogP contribution in [0.3, 0.4) is 0 Å². The molecule has 0 aliphatic heterocycles. The Hall–Kier alpha value is -1.20. The number of aliphatic hydroxyl groups excluding tert-OH is 1. The Morgan fingerprint density at radius 1 is 1.47 bits per heavy atom. The highest BCUT2D eigenvalue weighted by Crippen LogP contribution is 2.12. The first-order valence-electron chi connectivity index (χ1n) is 5.93. The summed E-state index contributed by atoms with van der Waals surface area (Å²) >= 11 is 0. The number of aryl methyl sites for hydroxylation is 2. The fourth-order valence-electron chi connectivity index (χ4n) is 1.98. The van der Waals surface area contributed by atoms with Crippen LogP contribution >= 0.6 is 0 Å². The first-order valence-corrected chi connectivity index (χ1v) is 5.93. The molecular weight excluding hydrogens is 218 g/mol. The molecule has 0 aromatic carbocycles. The summed E-state index contributed by atoms with van der Waals surface area (Å²) in [4.78, 5) is 18.8. The number of aromatic amines is 1. The van der Waals surface area contributed by atoms with E-state index in [9.17, 15) is 4.79 Å². The van der Waals surface area contributed by atoms with Gasteiger partial charge in [0.25, 0.3) is 5.56 Å². The molecule has 1 rings (SSSR count). The highest BCUT2D eigenvalue weighted by atomic mass is 16.3. The second-order valence-corrected chi connectivity index (χ2v) is 4.33. The highest BCUT2D eigenvalue weighted by Gasteiger charge is 2.17. The normalized spacial score (nSPS) is 14.6. The Morgan fingerprint density at radius 2 is 2.12 bits per heavy atom. The van der Waals surface area contributed by atoms with Crippen molar-refractivity contribution in [2.75, 3.05) is 6.61 Å². The van der Waals surface area contributed by atoms with Gasteiger partial charge in [-0.2, -0.15) is 0 Å². The first-order chi connectivity index (χ1) is 7.99. The molecule has 3 N–H and O–H groups in total. The summed E-state index contributed by atoms with van der Waals surface area (Å²) in [5.41, 5.74) is 1.27. The molecule has 0 bridgehead atoms. The maximum Gasteiger partial charge on any atom is 0.255 e. The lowest BCUT2D eigenvalue weighted by Crippen LogP contribution is -2.37. The zero-order valence-corrected chi connectivity index (χ0v) is 10.9. The molecule has 0 fully saturated rings. The van der Waals surface area contributed by atoms with E-state index in [1.807, 2.05) is 20.8 Å². The highest BCUT2D eigenvalue weighted by molar-refractivity contribution is 5.20. The van der Waals surface area contributed by atoms with Gasteiger partial charge in [0, 0.05) is 17.8 Å². The van der Waals surface area contributed by atoms with Crippen LogP contribution in [0.5, 0.6) is 0 Å². The van der Waals surface area contributed by atoms with Crippen molar-refractivity contribution in [3.8, 4) is 0 Å². The molecule has 0 saturated heterocycles. The lowest BCUT2D eigenvalue weighted by molar-refractivity contribution is 0.229. The first kappa shape index (κ1) is 13.9. The SMILES string of the molecule is CCC(CO)NC(C)c1c(C)nc(C)[nH]c1=O. The molecule has 0 aliphatic rings. The predicted octanol–water partition coefficient (Wildman–Crippen LogP) is 0.808. The van der Waals surface area contributed by atoms with Crippen LogP contribution in [0.1, 0.15) is 43.4 Å². The number of nitrogens with zero attached hydrogens (tertiary/aromatic N) is 1. The molecule has 0 saturated carbocycles. The average Bonchev–Trinajstić information content (AvgIpc) is 2.24. The molecule has 0 spiro atoms. The Labute approximate surface area is 101 Å². The van der Waals surface area contributed by atoms with E-state index in [4.69, 9.17) is 5.11 Å². The number of hydrogen-bond donors (Lipinski definition) is 3. The van der Waals surface area contributed by atoms with Gasteiger partial charge in [-0.05, 0) is 27.2 Å². The zero-order valence-electron chi connectivity index (χ0n) is 10.9. The molecule has 0 amide bonds. The Morgan fingerprint density at radius 3 is 2.59 bits per heavy atom. The smallest absolute Gasteiger partial charge is 0.255 e. The van der Waals surface area contributed by atoms with Gasteiger partial charge in [-0.15, -0.1) is 0 Å². The number of aliphatic hydroxyl groups is 1. The Kier molecular flexibility index (Phi) is 4.84.